The van der Waals surface area contributed by atoms with Gasteiger partial charge in [0.2, 0.25) is 0 Å². The first-order chi connectivity index (χ1) is 8.54. The topological polar surface area (TPSA) is 82.5 Å². The van der Waals surface area contributed by atoms with Crippen LogP contribution < -0.4 is 5.32 Å². The number of aromatic nitrogens is 1. The summed E-state index contributed by atoms with van der Waals surface area (Å²) in [6.07, 6.45) is 1.40. The van der Waals surface area contributed by atoms with Crippen molar-refractivity contribution in [1.29, 1.82) is 0 Å². The number of nitrogens with zero attached hydrogens (tertiary/aromatic N) is 1. The van der Waals surface area contributed by atoms with Gasteiger partial charge in [0.15, 0.2) is 0 Å². The fourth-order valence-corrected chi connectivity index (χ4v) is 1.48. The van der Waals surface area contributed by atoms with Crippen LogP contribution in [0, 0.1) is 0 Å². The van der Waals surface area contributed by atoms with Gasteiger partial charge in [-0.15, -0.1) is 0 Å². The second-order valence-electron chi connectivity index (χ2n) is 3.55. The van der Waals surface area contributed by atoms with Gasteiger partial charge >= 0.3 is 0 Å². The number of amides is 1. The van der Waals surface area contributed by atoms with E-state index in [4.69, 9.17) is 11.6 Å². The number of carbonyl (C=O) groups is 1. The van der Waals surface area contributed by atoms with Crippen molar-refractivity contribution >= 4 is 23.3 Å². The molecule has 92 valence electrons. The molecule has 0 aliphatic carbocycles. The van der Waals surface area contributed by atoms with Crippen LogP contribution in [0.5, 0.6) is 11.5 Å². The summed E-state index contributed by atoms with van der Waals surface area (Å²) in [5, 5.41) is 21.5. The summed E-state index contributed by atoms with van der Waals surface area (Å²) in [6, 6.07) is 6.75. The van der Waals surface area contributed by atoms with Crippen molar-refractivity contribution in [2.75, 3.05) is 5.32 Å². The molecule has 0 saturated carbocycles. The molecule has 0 radical (unpaired) electrons. The molecule has 1 aromatic carbocycles. The van der Waals surface area contributed by atoms with Crippen molar-refractivity contribution in [3.63, 3.8) is 0 Å². The number of nitrogens with one attached hydrogen (secondary N) is 1. The molecule has 3 N–H and O–H groups in total. The Morgan fingerprint density at radius 1 is 1.17 bits per heavy atom. The van der Waals surface area contributed by atoms with E-state index in [0.29, 0.717) is 10.8 Å². The summed E-state index contributed by atoms with van der Waals surface area (Å²) in [4.78, 5) is 15.7. The Morgan fingerprint density at radius 3 is 2.39 bits per heavy atom. The number of benzene rings is 1. The minimum atomic E-state index is -0.490. The van der Waals surface area contributed by atoms with Gasteiger partial charge in [-0.25, -0.2) is 4.98 Å². The number of phenols is 2. The molecule has 6 heteroatoms. The lowest BCUT2D eigenvalue weighted by atomic mass is 10.2. The van der Waals surface area contributed by atoms with Gasteiger partial charge in [0.05, 0.1) is 5.02 Å². The third-order valence-corrected chi connectivity index (χ3v) is 2.36. The van der Waals surface area contributed by atoms with E-state index in [0.717, 1.165) is 6.07 Å². The lowest BCUT2D eigenvalue weighted by Gasteiger charge is -2.05. The van der Waals surface area contributed by atoms with Crippen molar-refractivity contribution in [1.82, 2.24) is 4.98 Å². The zero-order valence-electron chi connectivity index (χ0n) is 9.09. The fraction of sp³-hybridized carbons (Fsp3) is 0. The number of phenolic OH excluding ortho intramolecular Hbond substituents is 2. The predicted molar refractivity (Wildman–Crippen MR) is 67.0 cm³/mol. The molecule has 0 unspecified atom stereocenters. The van der Waals surface area contributed by atoms with E-state index >= 15 is 0 Å². The highest BCUT2D eigenvalue weighted by atomic mass is 35.5. The molecule has 0 saturated heterocycles. The number of hydrogen-bond donors (Lipinski definition) is 3. The summed E-state index contributed by atoms with van der Waals surface area (Å²) in [5.74, 6) is -0.545. The molecular weight excluding hydrogens is 256 g/mol. The Balaban J connectivity index is 2.19. The number of hydrogen-bond acceptors (Lipinski definition) is 4. The maximum absolute atomic E-state index is 11.8. The molecule has 0 atom stereocenters. The average molecular weight is 265 g/mol. The van der Waals surface area contributed by atoms with Gasteiger partial charge in [0.1, 0.15) is 17.3 Å². The summed E-state index contributed by atoms with van der Waals surface area (Å²) in [7, 11) is 0. The van der Waals surface area contributed by atoms with Crippen LogP contribution in [-0.2, 0) is 0 Å². The van der Waals surface area contributed by atoms with Gasteiger partial charge < -0.3 is 15.5 Å². The molecule has 18 heavy (non-hydrogen) atoms. The van der Waals surface area contributed by atoms with Gasteiger partial charge in [0.25, 0.3) is 5.91 Å². The standard InChI is InChI=1S/C12H9ClN2O3/c13-8-1-2-11(14-6-8)15-12(18)7-3-9(16)5-10(17)4-7/h1-6,16-17H,(H,14,15,18). The SMILES string of the molecule is O=C(Nc1ccc(Cl)cn1)c1cc(O)cc(O)c1. The van der Waals surface area contributed by atoms with Crippen molar-refractivity contribution in [3.8, 4) is 11.5 Å². The smallest absolute Gasteiger partial charge is 0.257 e. The predicted octanol–water partition coefficient (Wildman–Crippen LogP) is 2.40. The summed E-state index contributed by atoms with van der Waals surface area (Å²) in [5.41, 5.74) is 0.129. The molecule has 0 spiro atoms. The Morgan fingerprint density at radius 2 is 1.83 bits per heavy atom. The van der Waals surface area contributed by atoms with E-state index < -0.39 is 5.91 Å². The number of aromatic hydroxyl groups is 2. The highest BCUT2D eigenvalue weighted by Gasteiger charge is 2.09. The van der Waals surface area contributed by atoms with Crippen molar-refractivity contribution < 1.29 is 15.0 Å². The molecule has 0 bridgehead atoms. The van der Waals surface area contributed by atoms with Gasteiger partial charge in [-0.1, -0.05) is 11.6 Å². The molecule has 1 aromatic heterocycles. The largest absolute Gasteiger partial charge is 0.508 e. The first-order valence-electron chi connectivity index (χ1n) is 5.00. The maximum atomic E-state index is 11.8. The van der Waals surface area contributed by atoms with Gasteiger partial charge in [-0.2, -0.15) is 0 Å². The third kappa shape index (κ3) is 2.89. The van der Waals surface area contributed by atoms with Crippen LogP contribution in [0.4, 0.5) is 5.82 Å². The first-order valence-corrected chi connectivity index (χ1v) is 5.38. The summed E-state index contributed by atoms with van der Waals surface area (Å²) in [6.45, 7) is 0. The van der Waals surface area contributed by atoms with Crippen LogP contribution >= 0.6 is 11.6 Å². The van der Waals surface area contributed by atoms with Crippen LogP contribution in [-0.4, -0.2) is 21.1 Å². The molecule has 1 heterocycles. The molecular formula is C12H9ClN2O3. The quantitative estimate of drug-likeness (QED) is 0.778. The molecule has 0 aliphatic rings. The van der Waals surface area contributed by atoms with Crippen LogP contribution in [0.25, 0.3) is 0 Å². The third-order valence-electron chi connectivity index (χ3n) is 2.13. The highest BCUT2D eigenvalue weighted by molar-refractivity contribution is 6.30. The lowest BCUT2D eigenvalue weighted by molar-refractivity contribution is 0.102. The molecule has 0 aliphatic heterocycles. The van der Waals surface area contributed by atoms with Crippen LogP contribution in [0.3, 0.4) is 0 Å². The molecule has 0 fully saturated rings. The highest BCUT2D eigenvalue weighted by Crippen LogP contribution is 2.21. The van der Waals surface area contributed by atoms with Gasteiger partial charge in [-0.3, -0.25) is 4.79 Å². The summed E-state index contributed by atoms with van der Waals surface area (Å²) >= 11 is 5.67. The van der Waals surface area contributed by atoms with Gasteiger partial charge in [-0.05, 0) is 24.3 Å². The second-order valence-corrected chi connectivity index (χ2v) is 3.99. The Labute approximate surface area is 108 Å². The Hall–Kier alpha value is -2.27. The Bertz CT molecular complexity index is 564. The number of rotatable bonds is 2. The zero-order chi connectivity index (χ0) is 13.1. The van der Waals surface area contributed by atoms with Crippen LogP contribution in [0.15, 0.2) is 36.5 Å². The van der Waals surface area contributed by atoms with E-state index in [-0.39, 0.29) is 17.1 Å². The first kappa shape index (κ1) is 12.2. The number of carbonyl (C=O) groups excluding carboxylic acids is 1. The number of anilines is 1. The minimum absolute atomic E-state index is 0.129. The average Bonchev–Trinajstić information content (AvgIpc) is 2.31. The fourth-order valence-electron chi connectivity index (χ4n) is 1.36. The van der Waals surface area contributed by atoms with Gasteiger partial charge in [0, 0.05) is 17.8 Å². The normalized spacial score (nSPS) is 10.1. The zero-order valence-corrected chi connectivity index (χ0v) is 9.85. The van der Waals surface area contributed by atoms with Crippen molar-refractivity contribution in [2.24, 2.45) is 0 Å². The number of halogens is 1. The maximum Gasteiger partial charge on any atom is 0.257 e. The molecule has 2 aromatic rings. The summed E-state index contributed by atoms with van der Waals surface area (Å²) < 4.78 is 0. The van der Waals surface area contributed by atoms with E-state index in [2.05, 4.69) is 10.3 Å². The van der Waals surface area contributed by atoms with E-state index in [1.54, 1.807) is 12.1 Å². The van der Waals surface area contributed by atoms with Crippen molar-refractivity contribution in [2.45, 2.75) is 0 Å². The molecule has 1 amide bonds. The lowest BCUT2D eigenvalue weighted by Crippen LogP contribution is -2.12. The van der Waals surface area contributed by atoms with E-state index in [9.17, 15) is 15.0 Å². The number of pyridine rings is 1. The van der Waals surface area contributed by atoms with Crippen molar-refractivity contribution in [3.05, 3.63) is 47.1 Å². The minimum Gasteiger partial charge on any atom is -0.508 e. The molecule has 5 nitrogen and oxygen atoms in total. The van der Waals surface area contributed by atoms with Crippen LogP contribution in [0.2, 0.25) is 5.02 Å². The second kappa shape index (κ2) is 4.93. The molecule has 2 rings (SSSR count). The van der Waals surface area contributed by atoms with E-state index in [1.165, 1.54) is 18.3 Å². The van der Waals surface area contributed by atoms with Crippen LogP contribution in [0.1, 0.15) is 10.4 Å². The monoisotopic (exact) mass is 264 g/mol. The van der Waals surface area contributed by atoms with E-state index in [1.807, 2.05) is 0 Å². The Kier molecular flexibility index (Phi) is 3.34.